The van der Waals surface area contributed by atoms with Crippen LogP contribution in [0.4, 0.5) is 0 Å². The number of ether oxygens (including phenoxy) is 1. The molecular formula is C27H27NO6. The van der Waals surface area contributed by atoms with Gasteiger partial charge in [0.05, 0.1) is 18.4 Å². The van der Waals surface area contributed by atoms with E-state index in [1.807, 2.05) is 13.0 Å². The highest BCUT2D eigenvalue weighted by molar-refractivity contribution is 6.24. The van der Waals surface area contributed by atoms with Crippen LogP contribution in [0.25, 0.3) is 0 Å². The smallest absolute Gasteiger partial charge is 0.233 e. The van der Waals surface area contributed by atoms with Crippen molar-refractivity contribution in [3.8, 4) is 11.5 Å². The maximum Gasteiger partial charge on any atom is 0.233 e. The second-order valence-electron chi connectivity index (χ2n) is 9.28. The fraction of sp³-hybridized carbons (Fsp3) is 0.407. The molecule has 0 spiro atoms. The zero-order valence-corrected chi connectivity index (χ0v) is 19.5. The van der Waals surface area contributed by atoms with Crippen LogP contribution in [0.15, 0.2) is 52.6 Å². The van der Waals surface area contributed by atoms with Gasteiger partial charge in [0, 0.05) is 34.7 Å². The van der Waals surface area contributed by atoms with Crippen LogP contribution in [0.2, 0.25) is 0 Å². The minimum atomic E-state index is -0.686. The molecule has 0 aromatic heterocycles. The lowest BCUT2D eigenvalue weighted by atomic mass is 9.59. The van der Waals surface area contributed by atoms with Gasteiger partial charge in [-0.05, 0) is 51.7 Å². The van der Waals surface area contributed by atoms with Crippen molar-refractivity contribution in [2.24, 2.45) is 17.8 Å². The van der Waals surface area contributed by atoms with Gasteiger partial charge in [0.25, 0.3) is 0 Å². The van der Waals surface area contributed by atoms with E-state index in [-0.39, 0.29) is 35.6 Å². The molecule has 5 rings (SSSR count). The topological polar surface area (TPSA) is 101 Å². The first kappa shape index (κ1) is 22.3. The number of allylic oxidation sites excluding steroid dienone is 6. The summed E-state index contributed by atoms with van der Waals surface area (Å²) in [7, 11) is 0. The van der Waals surface area contributed by atoms with Crippen molar-refractivity contribution < 1.29 is 29.0 Å². The van der Waals surface area contributed by atoms with E-state index in [0.29, 0.717) is 47.6 Å². The van der Waals surface area contributed by atoms with E-state index in [4.69, 9.17) is 4.74 Å². The molecule has 0 radical (unpaired) electrons. The molecule has 0 bridgehead atoms. The van der Waals surface area contributed by atoms with Gasteiger partial charge in [0.2, 0.25) is 11.8 Å². The van der Waals surface area contributed by atoms with Crippen LogP contribution < -0.4 is 4.74 Å². The number of carbonyl (C=O) groups excluding carboxylic acids is 4. The highest BCUT2D eigenvalue weighted by atomic mass is 16.5. The Morgan fingerprint density at radius 2 is 1.85 bits per heavy atom. The zero-order valence-electron chi connectivity index (χ0n) is 19.5. The summed E-state index contributed by atoms with van der Waals surface area (Å²) in [5.41, 5.74) is 2.37. The number of imide groups is 1. The molecule has 2 amide bonds. The van der Waals surface area contributed by atoms with Gasteiger partial charge in [0.1, 0.15) is 0 Å². The Hall–Kier alpha value is -3.48. The van der Waals surface area contributed by atoms with Crippen LogP contribution in [-0.2, 0) is 19.2 Å². The van der Waals surface area contributed by atoms with Crippen LogP contribution in [0.5, 0.6) is 11.5 Å². The number of hydrogen-bond donors (Lipinski definition) is 1. The van der Waals surface area contributed by atoms with E-state index < -0.39 is 23.7 Å². The van der Waals surface area contributed by atoms with Crippen molar-refractivity contribution >= 4 is 23.4 Å². The lowest BCUT2D eigenvalue weighted by Crippen LogP contribution is -2.39. The highest BCUT2D eigenvalue weighted by Gasteiger charge is 2.56. The zero-order chi connectivity index (χ0) is 24.3. The van der Waals surface area contributed by atoms with E-state index >= 15 is 0 Å². The van der Waals surface area contributed by atoms with Crippen molar-refractivity contribution in [2.45, 2.75) is 39.5 Å². The number of para-hydroxylation sites is 1. The Balaban J connectivity index is 1.72. The van der Waals surface area contributed by atoms with E-state index in [1.165, 1.54) is 11.0 Å². The first-order valence-corrected chi connectivity index (χ1v) is 11.8. The number of nitrogens with zero attached hydrogens (tertiary/aromatic N) is 1. The Kier molecular flexibility index (Phi) is 5.30. The van der Waals surface area contributed by atoms with Gasteiger partial charge >= 0.3 is 0 Å². The molecule has 176 valence electrons. The molecule has 7 heteroatoms. The summed E-state index contributed by atoms with van der Waals surface area (Å²) in [5, 5.41) is 11.1. The third-order valence-corrected chi connectivity index (χ3v) is 7.61. The van der Waals surface area contributed by atoms with Crippen molar-refractivity contribution in [3.05, 3.63) is 58.2 Å². The monoisotopic (exact) mass is 461 g/mol. The molecule has 34 heavy (non-hydrogen) atoms. The summed E-state index contributed by atoms with van der Waals surface area (Å²) in [4.78, 5) is 53.9. The Bertz CT molecular complexity index is 1240. The molecule has 4 aliphatic rings. The summed E-state index contributed by atoms with van der Waals surface area (Å²) in [6.07, 6.45) is 3.92. The van der Waals surface area contributed by atoms with Crippen LogP contribution in [0.1, 0.15) is 45.1 Å². The number of fused-ring (bicyclic) bond motifs is 3. The SMILES string of the molecule is CCOc1cccc(C2C3=CCC4C(=O)N(CC)C(=O)C4C3CC3=C2C(=O)C(C)=CC3=O)c1O. The second kappa shape index (κ2) is 8.08. The molecule has 1 saturated heterocycles. The molecule has 7 nitrogen and oxygen atoms in total. The summed E-state index contributed by atoms with van der Waals surface area (Å²) in [5.74, 6) is -2.77. The quantitative estimate of drug-likeness (QED) is 0.420. The normalized spacial score (nSPS) is 28.4. The number of benzene rings is 1. The van der Waals surface area contributed by atoms with E-state index in [1.54, 1.807) is 32.0 Å². The number of carbonyl (C=O) groups is 4. The van der Waals surface area contributed by atoms with Gasteiger partial charge in [-0.1, -0.05) is 23.8 Å². The van der Waals surface area contributed by atoms with Crippen LogP contribution >= 0.6 is 0 Å². The fourth-order valence-electron chi connectivity index (χ4n) is 6.14. The average molecular weight is 462 g/mol. The van der Waals surface area contributed by atoms with Crippen molar-refractivity contribution in [1.82, 2.24) is 4.90 Å². The number of rotatable bonds is 4. The number of Topliss-reactive ketones (excluding diaryl/α,β-unsaturated/α-hetero) is 1. The first-order chi connectivity index (χ1) is 16.3. The van der Waals surface area contributed by atoms with Crippen molar-refractivity contribution in [3.63, 3.8) is 0 Å². The van der Waals surface area contributed by atoms with E-state index in [9.17, 15) is 24.3 Å². The molecule has 1 fully saturated rings. The molecule has 4 atom stereocenters. The molecule has 1 aliphatic heterocycles. The fourth-order valence-corrected chi connectivity index (χ4v) is 6.14. The predicted octanol–water partition coefficient (Wildman–Crippen LogP) is 3.24. The number of amides is 2. The summed E-state index contributed by atoms with van der Waals surface area (Å²) in [6.45, 7) is 5.87. The molecule has 1 aromatic rings. The maximum absolute atomic E-state index is 13.4. The number of aromatic hydroxyl groups is 1. The molecule has 3 aliphatic carbocycles. The minimum absolute atomic E-state index is 0.0821. The molecular weight excluding hydrogens is 434 g/mol. The van der Waals surface area contributed by atoms with E-state index in [2.05, 4.69) is 0 Å². The average Bonchev–Trinajstić information content (AvgIpc) is 3.07. The molecule has 0 saturated carbocycles. The Morgan fingerprint density at radius 1 is 1.09 bits per heavy atom. The second-order valence-corrected chi connectivity index (χ2v) is 9.28. The molecule has 4 unspecified atom stereocenters. The lowest BCUT2D eigenvalue weighted by molar-refractivity contribution is -0.139. The summed E-state index contributed by atoms with van der Waals surface area (Å²) >= 11 is 0. The number of hydrogen-bond acceptors (Lipinski definition) is 6. The van der Waals surface area contributed by atoms with Crippen LogP contribution in [-0.4, -0.2) is 46.5 Å². The predicted molar refractivity (Wildman–Crippen MR) is 123 cm³/mol. The lowest BCUT2D eigenvalue weighted by Gasteiger charge is -2.42. The number of phenolic OH excluding ortho intramolecular Hbond substituents is 1. The van der Waals surface area contributed by atoms with Crippen LogP contribution in [0.3, 0.4) is 0 Å². The van der Waals surface area contributed by atoms with E-state index in [0.717, 1.165) is 5.57 Å². The molecule has 1 N–H and O–H groups in total. The Morgan fingerprint density at radius 3 is 2.56 bits per heavy atom. The van der Waals surface area contributed by atoms with Gasteiger partial charge in [-0.2, -0.15) is 0 Å². The number of phenols is 1. The number of ketones is 2. The third kappa shape index (κ3) is 3.02. The Labute approximate surface area is 197 Å². The minimum Gasteiger partial charge on any atom is -0.504 e. The van der Waals surface area contributed by atoms with Crippen molar-refractivity contribution in [2.75, 3.05) is 13.2 Å². The van der Waals surface area contributed by atoms with Gasteiger partial charge in [-0.15, -0.1) is 0 Å². The van der Waals surface area contributed by atoms with Crippen LogP contribution in [0, 0.1) is 17.8 Å². The summed E-state index contributed by atoms with van der Waals surface area (Å²) < 4.78 is 5.58. The van der Waals surface area contributed by atoms with Gasteiger partial charge in [0.15, 0.2) is 23.1 Å². The van der Waals surface area contributed by atoms with Gasteiger partial charge in [-0.3, -0.25) is 24.1 Å². The number of likely N-dealkylation sites (tertiary alicyclic amines) is 1. The highest BCUT2D eigenvalue weighted by Crippen LogP contribution is 2.56. The largest absolute Gasteiger partial charge is 0.504 e. The maximum atomic E-state index is 13.4. The standard InChI is InChI=1S/C27H27NO6/c1-4-28-26(32)16-10-9-14-17(22(16)27(28)33)12-18-19(29)11-13(3)24(30)23(18)21(14)15-7-6-8-20(25(15)31)34-5-2/h6-9,11,16-17,21-22,31H,4-5,10,12H2,1-3H3. The summed E-state index contributed by atoms with van der Waals surface area (Å²) in [6, 6.07) is 5.13. The molecule has 1 aromatic carbocycles. The molecule has 1 heterocycles. The third-order valence-electron chi connectivity index (χ3n) is 7.61. The van der Waals surface area contributed by atoms with Gasteiger partial charge < -0.3 is 9.84 Å². The van der Waals surface area contributed by atoms with Crippen molar-refractivity contribution in [1.29, 1.82) is 0 Å². The van der Waals surface area contributed by atoms with Gasteiger partial charge in [-0.25, -0.2) is 0 Å². The first-order valence-electron chi connectivity index (χ1n) is 11.8.